The number of nitrogens with one attached hydrogen (secondary N) is 1. The van der Waals surface area contributed by atoms with Crippen LogP contribution >= 0.6 is 0 Å². The summed E-state index contributed by atoms with van der Waals surface area (Å²) in [6.45, 7) is 11.5. The van der Waals surface area contributed by atoms with Crippen LogP contribution in [0.1, 0.15) is 33.6 Å². The van der Waals surface area contributed by atoms with Crippen LogP contribution in [0.3, 0.4) is 0 Å². The number of hydrogen-bond acceptors (Lipinski definition) is 2. The predicted molar refractivity (Wildman–Crippen MR) is 77.0 cm³/mol. The van der Waals surface area contributed by atoms with Crippen LogP contribution < -0.4 is 5.32 Å². The number of guanidine groups is 1. The van der Waals surface area contributed by atoms with Crippen molar-refractivity contribution in [3.05, 3.63) is 0 Å². The molecule has 1 saturated heterocycles. The summed E-state index contributed by atoms with van der Waals surface area (Å²) in [5.74, 6) is 2.46. The Bertz CT molecular complexity index is 253. The summed E-state index contributed by atoms with van der Waals surface area (Å²) in [4.78, 5) is 7.09. The lowest BCUT2D eigenvalue weighted by Crippen LogP contribution is -2.40. The Labute approximate surface area is 112 Å². The normalized spacial score (nSPS) is 20.8. The van der Waals surface area contributed by atoms with Crippen LogP contribution in [0.5, 0.6) is 0 Å². The van der Waals surface area contributed by atoms with Gasteiger partial charge in [0.05, 0.1) is 6.61 Å². The first kappa shape index (κ1) is 15.3. The maximum absolute atomic E-state index is 5.24. The van der Waals surface area contributed by atoms with E-state index in [1.807, 2.05) is 0 Å². The molecule has 18 heavy (non-hydrogen) atoms. The topological polar surface area (TPSA) is 36.9 Å². The van der Waals surface area contributed by atoms with E-state index in [2.05, 4.69) is 31.0 Å². The number of methoxy groups -OCH3 is 1. The largest absolute Gasteiger partial charge is 0.384 e. The molecule has 4 nitrogen and oxygen atoms in total. The van der Waals surface area contributed by atoms with Crippen molar-refractivity contribution in [3.8, 4) is 0 Å². The van der Waals surface area contributed by atoms with E-state index in [1.165, 1.54) is 6.42 Å². The van der Waals surface area contributed by atoms with Gasteiger partial charge in [0.25, 0.3) is 0 Å². The van der Waals surface area contributed by atoms with E-state index in [1.54, 1.807) is 7.11 Å². The van der Waals surface area contributed by atoms with Gasteiger partial charge in [0, 0.05) is 39.2 Å². The number of ether oxygens (including phenoxy) is 1. The Kier molecular flexibility index (Phi) is 7.09. The van der Waals surface area contributed by atoms with E-state index in [4.69, 9.17) is 9.73 Å². The van der Waals surface area contributed by atoms with E-state index in [0.717, 1.165) is 51.1 Å². The Morgan fingerprint density at radius 3 is 2.89 bits per heavy atom. The summed E-state index contributed by atoms with van der Waals surface area (Å²) in [5, 5.41) is 3.40. The highest BCUT2D eigenvalue weighted by atomic mass is 16.5. The molecule has 1 fully saturated rings. The highest BCUT2D eigenvalue weighted by Crippen LogP contribution is 2.16. The first-order valence-corrected chi connectivity index (χ1v) is 7.19. The molecule has 1 N–H and O–H groups in total. The zero-order chi connectivity index (χ0) is 13.4. The molecule has 0 aromatic carbocycles. The lowest BCUT2D eigenvalue weighted by molar-refractivity contribution is 0.157. The third-order valence-corrected chi connectivity index (χ3v) is 3.29. The van der Waals surface area contributed by atoms with Crippen molar-refractivity contribution in [1.82, 2.24) is 10.2 Å². The van der Waals surface area contributed by atoms with Crippen molar-refractivity contribution >= 4 is 5.96 Å². The SMILES string of the molecule is CCNC(=NCCC(C)C)N1CCC(COC)C1. The third kappa shape index (κ3) is 5.25. The summed E-state index contributed by atoms with van der Waals surface area (Å²) in [6.07, 6.45) is 2.37. The van der Waals surface area contributed by atoms with Gasteiger partial charge in [0.15, 0.2) is 5.96 Å². The Balaban J connectivity index is 2.46. The van der Waals surface area contributed by atoms with Crippen LogP contribution in [-0.2, 0) is 4.74 Å². The molecule has 0 saturated carbocycles. The van der Waals surface area contributed by atoms with Crippen molar-refractivity contribution in [2.75, 3.05) is 39.9 Å². The van der Waals surface area contributed by atoms with Crippen molar-refractivity contribution in [2.45, 2.75) is 33.6 Å². The van der Waals surface area contributed by atoms with Gasteiger partial charge in [-0.05, 0) is 25.7 Å². The summed E-state index contributed by atoms with van der Waals surface area (Å²) in [5.41, 5.74) is 0. The lowest BCUT2D eigenvalue weighted by Gasteiger charge is -2.21. The minimum atomic E-state index is 0.656. The van der Waals surface area contributed by atoms with Gasteiger partial charge in [-0.2, -0.15) is 0 Å². The number of hydrogen-bond donors (Lipinski definition) is 1. The molecule has 1 aliphatic rings. The van der Waals surface area contributed by atoms with E-state index in [-0.39, 0.29) is 0 Å². The zero-order valence-corrected chi connectivity index (χ0v) is 12.4. The van der Waals surface area contributed by atoms with Gasteiger partial charge < -0.3 is 15.0 Å². The average molecular weight is 255 g/mol. The number of aliphatic imine (C=N–C) groups is 1. The Morgan fingerprint density at radius 1 is 1.50 bits per heavy atom. The molecule has 1 rings (SSSR count). The van der Waals surface area contributed by atoms with Gasteiger partial charge in [0.1, 0.15) is 0 Å². The molecule has 0 radical (unpaired) electrons. The summed E-state index contributed by atoms with van der Waals surface area (Å²) in [7, 11) is 1.78. The standard InChI is InChI=1S/C14H29N3O/c1-5-15-14(16-8-6-12(2)3)17-9-7-13(10-17)11-18-4/h12-13H,5-11H2,1-4H3,(H,15,16). The minimum Gasteiger partial charge on any atom is -0.384 e. The highest BCUT2D eigenvalue weighted by molar-refractivity contribution is 5.80. The maximum Gasteiger partial charge on any atom is 0.193 e. The lowest BCUT2D eigenvalue weighted by atomic mass is 10.1. The second-order valence-electron chi connectivity index (χ2n) is 5.47. The highest BCUT2D eigenvalue weighted by Gasteiger charge is 2.24. The van der Waals surface area contributed by atoms with E-state index in [0.29, 0.717) is 5.92 Å². The molecule has 1 atom stereocenters. The van der Waals surface area contributed by atoms with Crippen molar-refractivity contribution < 1.29 is 4.74 Å². The van der Waals surface area contributed by atoms with Crippen LogP contribution in [0.2, 0.25) is 0 Å². The molecule has 4 heteroatoms. The molecule has 0 aliphatic carbocycles. The molecule has 106 valence electrons. The van der Waals surface area contributed by atoms with Gasteiger partial charge >= 0.3 is 0 Å². The molecule has 0 bridgehead atoms. The molecular formula is C14H29N3O. The smallest absolute Gasteiger partial charge is 0.193 e. The van der Waals surface area contributed by atoms with Crippen LogP contribution in [-0.4, -0.2) is 50.8 Å². The zero-order valence-electron chi connectivity index (χ0n) is 12.4. The molecule has 0 amide bonds. The van der Waals surface area contributed by atoms with Crippen LogP contribution in [0.15, 0.2) is 4.99 Å². The fourth-order valence-electron chi connectivity index (χ4n) is 2.25. The number of nitrogens with zero attached hydrogens (tertiary/aromatic N) is 2. The quantitative estimate of drug-likeness (QED) is 0.582. The second-order valence-corrected chi connectivity index (χ2v) is 5.47. The molecule has 0 spiro atoms. The third-order valence-electron chi connectivity index (χ3n) is 3.29. The molecule has 1 heterocycles. The van der Waals surface area contributed by atoms with Gasteiger partial charge in [-0.15, -0.1) is 0 Å². The molecule has 0 aromatic heterocycles. The van der Waals surface area contributed by atoms with E-state index < -0.39 is 0 Å². The Hall–Kier alpha value is -0.770. The summed E-state index contributed by atoms with van der Waals surface area (Å²) >= 11 is 0. The molecular weight excluding hydrogens is 226 g/mol. The summed E-state index contributed by atoms with van der Waals surface area (Å²) in [6, 6.07) is 0. The molecule has 1 unspecified atom stereocenters. The fraction of sp³-hybridized carbons (Fsp3) is 0.929. The predicted octanol–water partition coefficient (Wildman–Crippen LogP) is 1.97. The van der Waals surface area contributed by atoms with Gasteiger partial charge in [-0.3, -0.25) is 4.99 Å². The fourth-order valence-corrected chi connectivity index (χ4v) is 2.25. The minimum absolute atomic E-state index is 0.656. The Morgan fingerprint density at radius 2 is 2.28 bits per heavy atom. The number of likely N-dealkylation sites (tertiary alicyclic amines) is 1. The van der Waals surface area contributed by atoms with Crippen molar-refractivity contribution in [1.29, 1.82) is 0 Å². The van der Waals surface area contributed by atoms with Gasteiger partial charge in [-0.1, -0.05) is 13.8 Å². The van der Waals surface area contributed by atoms with E-state index in [9.17, 15) is 0 Å². The molecule has 1 aliphatic heterocycles. The van der Waals surface area contributed by atoms with E-state index >= 15 is 0 Å². The van der Waals surface area contributed by atoms with Crippen LogP contribution in [0.25, 0.3) is 0 Å². The van der Waals surface area contributed by atoms with Gasteiger partial charge in [0.2, 0.25) is 0 Å². The summed E-state index contributed by atoms with van der Waals surface area (Å²) < 4.78 is 5.24. The average Bonchev–Trinajstić information content (AvgIpc) is 2.76. The number of rotatable bonds is 6. The van der Waals surface area contributed by atoms with Crippen LogP contribution in [0.4, 0.5) is 0 Å². The van der Waals surface area contributed by atoms with Crippen molar-refractivity contribution in [2.24, 2.45) is 16.8 Å². The first-order chi connectivity index (χ1) is 8.67. The molecule has 0 aromatic rings. The monoisotopic (exact) mass is 255 g/mol. The van der Waals surface area contributed by atoms with Crippen molar-refractivity contribution in [3.63, 3.8) is 0 Å². The second kappa shape index (κ2) is 8.35. The van der Waals surface area contributed by atoms with Gasteiger partial charge in [-0.25, -0.2) is 0 Å². The first-order valence-electron chi connectivity index (χ1n) is 7.19. The van der Waals surface area contributed by atoms with Crippen LogP contribution in [0, 0.1) is 11.8 Å². The maximum atomic E-state index is 5.24.